The van der Waals surface area contributed by atoms with Crippen molar-refractivity contribution in [1.82, 2.24) is 14.9 Å². The molecule has 0 unspecified atom stereocenters. The molecule has 0 fully saturated rings. The van der Waals surface area contributed by atoms with E-state index in [-0.39, 0.29) is 18.0 Å². The smallest absolute Gasteiger partial charge is 0.261 e. The summed E-state index contributed by atoms with van der Waals surface area (Å²) in [6.45, 7) is 7.14. The molecule has 0 saturated heterocycles. The largest absolute Gasteiger partial charge is 0.347 e. The number of amides is 2. The van der Waals surface area contributed by atoms with Crippen LogP contribution in [0.25, 0.3) is 10.9 Å². The summed E-state index contributed by atoms with van der Waals surface area (Å²) >= 11 is 0. The second-order valence-electron chi connectivity index (χ2n) is 7.87. The van der Waals surface area contributed by atoms with Gasteiger partial charge in [0, 0.05) is 5.54 Å². The normalized spacial score (nSPS) is 11.3. The molecule has 1 heterocycles. The summed E-state index contributed by atoms with van der Waals surface area (Å²) in [7, 11) is 0. The van der Waals surface area contributed by atoms with Crippen LogP contribution in [0.4, 0.5) is 5.69 Å². The van der Waals surface area contributed by atoms with E-state index in [2.05, 4.69) is 15.6 Å². The summed E-state index contributed by atoms with van der Waals surface area (Å²) in [6, 6.07) is 13.8. The van der Waals surface area contributed by atoms with E-state index in [1.165, 1.54) is 4.57 Å². The molecule has 2 amide bonds. The van der Waals surface area contributed by atoms with Crippen molar-refractivity contribution in [3.8, 4) is 0 Å². The number of aromatic nitrogens is 2. The molecule has 0 radical (unpaired) electrons. The maximum Gasteiger partial charge on any atom is 0.261 e. The van der Waals surface area contributed by atoms with E-state index in [9.17, 15) is 14.4 Å². The third kappa shape index (κ3) is 4.68. The summed E-state index contributed by atoms with van der Waals surface area (Å²) in [6.07, 6.45) is 0. The van der Waals surface area contributed by atoms with Crippen molar-refractivity contribution in [2.75, 3.05) is 5.32 Å². The molecular formula is C22H24N4O3. The molecular weight excluding hydrogens is 368 g/mol. The lowest BCUT2D eigenvalue weighted by molar-refractivity contribution is -0.116. The highest BCUT2D eigenvalue weighted by Crippen LogP contribution is 2.16. The Bertz CT molecular complexity index is 1140. The molecule has 29 heavy (non-hydrogen) atoms. The first-order valence-electron chi connectivity index (χ1n) is 9.33. The van der Waals surface area contributed by atoms with Gasteiger partial charge in [-0.25, -0.2) is 4.98 Å². The molecule has 3 aromatic rings. The van der Waals surface area contributed by atoms with E-state index < -0.39 is 11.4 Å². The number of rotatable bonds is 4. The Balaban J connectivity index is 1.85. The van der Waals surface area contributed by atoms with E-state index >= 15 is 0 Å². The van der Waals surface area contributed by atoms with Gasteiger partial charge in [-0.05, 0) is 52.0 Å². The monoisotopic (exact) mass is 392 g/mol. The molecule has 1 aromatic heterocycles. The topological polar surface area (TPSA) is 93.1 Å². The van der Waals surface area contributed by atoms with Gasteiger partial charge in [0.05, 0.1) is 22.2 Å². The minimum Gasteiger partial charge on any atom is -0.347 e. The highest BCUT2D eigenvalue weighted by atomic mass is 16.2. The Labute approximate surface area is 168 Å². The van der Waals surface area contributed by atoms with Crippen molar-refractivity contribution < 1.29 is 9.59 Å². The minimum atomic E-state index is -0.414. The third-order valence-corrected chi connectivity index (χ3v) is 4.29. The number of aryl methyl sites for hydroxylation is 1. The van der Waals surface area contributed by atoms with Crippen LogP contribution < -0.4 is 16.2 Å². The summed E-state index contributed by atoms with van der Waals surface area (Å²) < 4.78 is 1.33. The molecule has 0 aliphatic rings. The molecule has 0 spiro atoms. The van der Waals surface area contributed by atoms with Crippen LogP contribution in [0.2, 0.25) is 0 Å². The highest BCUT2D eigenvalue weighted by molar-refractivity contribution is 6.04. The fraction of sp³-hybridized carbons (Fsp3) is 0.273. The Morgan fingerprint density at radius 2 is 1.69 bits per heavy atom. The van der Waals surface area contributed by atoms with Crippen molar-refractivity contribution in [3.63, 3.8) is 0 Å². The van der Waals surface area contributed by atoms with Crippen molar-refractivity contribution >= 4 is 28.4 Å². The van der Waals surface area contributed by atoms with Gasteiger partial charge in [-0.3, -0.25) is 19.0 Å². The fourth-order valence-corrected chi connectivity index (χ4v) is 3.00. The van der Waals surface area contributed by atoms with Crippen LogP contribution in [0.15, 0.2) is 53.3 Å². The van der Waals surface area contributed by atoms with Crippen LogP contribution in [0.5, 0.6) is 0 Å². The van der Waals surface area contributed by atoms with Crippen LogP contribution >= 0.6 is 0 Å². The van der Waals surface area contributed by atoms with Gasteiger partial charge in [0.25, 0.3) is 11.5 Å². The van der Waals surface area contributed by atoms with E-state index in [0.29, 0.717) is 28.0 Å². The first kappa shape index (κ1) is 20.3. The molecule has 2 N–H and O–H groups in total. The van der Waals surface area contributed by atoms with Gasteiger partial charge >= 0.3 is 0 Å². The number of nitrogens with one attached hydrogen (secondary N) is 2. The summed E-state index contributed by atoms with van der Waals surface area (Å²) in [4.78, 5) is 42.3. The van der Waals surface area contributed by atoms with Gasteiger partial charge in [0.15, 0.2) is 0 Å². The Kier molecular flexibility index (Phi) is 5.50. The average Bonchev–Trinajstić information content (AvgIpc) is 2.64. The molecule has 0 atom stereocenters. The van der Waals surface area contributed by atoms with Crippen molar-refractivity contribution in [1.29, 1.82) is 0 Å². The first-order valence-corrected chi connectivity index (χ1v) is 9.33. The van der Waals surface area contributed by atoms with Crippen LogP contribution in [0.1, 0.15) is 37.0 Å². The predicted molar refractivity (Wildman–Crippen MR) is 113 cm³/mol. The Hall–Kier alpha value is -3.48. The maximum atomic E-state index is 12.7. The summed E-state index contributed by atoms with van der Waals surface area (Å²) in [5.74, 6) is -0.250. The standard InChI is InChI=1S/C22H24N4O3/c1-14-23-18-12-8-6-10-16(18)21(29)26(14)13-19(27)24-17-11-7-5-9-15(17)20(28)25-22(2,3)4/h5-12H,13H2,1-4H3,(H,24,27)(H,25,28). The average molecular weight is 392 g/mol. The van der Waals surface area contributed by atoms with Crippen molar-refractivity contribution in [2.24, 2.45) is 0 Å². The van der Waals surface area contributed by atoms with Gasteiger partial charge in [-0.1, -0.05) is 24.3 Å². The third-order valence-electron chi connectivity index (χ3n) is 4.29. The van der Waals surface area contributed by atoms with Crippen molar-refractivity contribution in [3.05, 3.63) is 70.3 Å². The molecule has 3 rings (SSSR count). The number of carbonyl (C=O) groups excluding carboxylic acids is 2. The van der Waals surface area contributed by atoms with E-state index in [4.69, 9.17) is 0 Å². The molecule has 0 saturated carbocycles. The number of fused-ring (bicyclic) bond motifs is 1. The van der Waals surface area contributed by atoms with Crippen LogP contribution in [0.3, 0.4) is 0 Å². The fourth-order valence-electron chi connectivity index (χ4n) is 3.00. The van der Waals surface area contributed by atoms with Gasteiger partial charge in [-0.15, -0.1) is 0 Å². The molecule has 0 bridgehead atoms. The zero-order chi connectivity index (χ0) is 21.2. The number of para-hydroxylation sites is 2. The predicted octanol–water partition coefficient (Wildman–Crippen LogP) is 2.87. The van der Waals surface area contributed by atoms with Crippen LogP contribution in [-0.2, 0) is 11.3 Å². The van der Waals surface area contributed by atoms with E-state index in [1.807, 2.05) is 26.8 Å². The Morgan fingerprint density at radius 1 is 1.03 bits per heavy atom. The second kappa shape index (κ2) is 7.87. The lowest BCUT2D eigenvalue weighted by Gasteiger charge is -2.21. The SMILES string of the molecule is Cc1nc2ccccc2c(=O)n1CC(=O)Nc1ccccc1C(=O)NC(C)(C)C. The van der Waals surface area contributed by atoms with Crippen molar-refractivity contribution in [2.45, 2.75) is 39.8 Å². The van der Waals surface area contributed by atoms with Crippen LogP contribution in [0, 0.1) is 6.92 Å². The van der Waals surface area contributed by atoms with Gasteiger partial charge < -0.3 is 10.6 Å². The van der Waals surface area contributed by atoms with Gasteiger partial charge in [-0.2, -0.15) is 0 Å². The number of benzene rings is 2. The number of hydrogen-bond acceptors (Lipinski definition) is 4. The summed E-state index contributed by atoms with van der Waals surface area (Å²) in [5, 5.41) is 6.08. The molecule has 150 valence electrons. The maximum absolute atomic E-state index is 12.7. The number of carbonyl (C=O) groups is 2. The molecule has 0 aliphatic heterocycles. The Morgan fingerprint density at radius 3 is 2.41 bits per heavy atom. The van der Waals surface area contributed by atoms with E-state index in [1.54, 1.807) is 49.4 Å². The first-order chi connectivity index (χ1) is 13.7. The molecule has 7 nitrogen and oxygen atoms in total. The number of hydrogen-bond donors (Lipinski definition) is 2. The highest BCUT2D eigenvalue weighted by Gasteiger charge is 2.19. The number of nitrogens with zero attached hydrogens (tertiary/aromatic N) is 2. The number of anilines is 1. The molecule has 7 heteroatoms. The zero-order valence-corrected chi connectivity index (χ0v) is 16.9. The quantitative estimate of drug-likeness (QED) is 0.714. The summed E-state index contributed by atoms with van der Waals surface area (Å²) in [5.41, 5.74) is 0.656. The molecule has 2 aromatic carbocycles. The lowest BCUT2D eigenvalue weighted by Crippen LogP contribution is -2.41. The van der Waals surface area contributed by atoms with Gasteiger partial charge in [0.2, 0.25) is 5.91 Å². The minimum absolute atomic E-state index is 0.197. The van der Waals surface area contributed by atoms with Crippen LogP contribution in [-0.4, -0.2) is 26.9 Å². The van der Waals surface area contributed by atoms with Gasteiger partial charge in [0.1, 0.15) is 12.4 Å². The second-order valence-corrected chi connectivity index (χ2v) is 7.87. The molecule has 0 aliphatic carbocycles. The zero-order valence-electron chi connectivity index (χ0n) is 16.9. The lowest BCUT2D eigenvalue weighted by atomic mass is 10.1. The van der Waals surface area contributed by atoms with E-state index in [0.717, 1.165) is 0 Å².